The summed E-state index contributed by atoms with van der Waals surface area (Å²) >= 11 is 1.29. The average molecular weight is 401 g/mol. The molecule has 0 bridgehead atoms. The lowest BCUT2D eigenvalue weighted by Gasteiger charge is -2.10. The Morgan fingerprint density at radius 1 is 1.04 bits per heavy atom. The third-order valence-electron chi connectivity index (χ3n) is 3.30. The highest BCUT2D eigenvalue weighted by atomic mass is 32.2. The van der Waals surface area contributed by atoms with Crippen molar-refractivity contribution in [2.45, 2.75) is 5.51 Å². The first-order valence-corrected chi connectivity index (χ1v) is 9.34. The summed E-state index contributed by atoms with van der Waals surface area (Å²) in [7, 11) is -5.72. The number of benzene rings is 2. The summed E-state index contributed by atoms with van der Waals surface area (Å²) in [5, 5.41) is 5.52. The lowest BCUT2D eigenvalue weighted by molar-refractivity contribution is -0.0500. The SMILES string of the molecule is O=C(Nc1ccc2cc(OS(=O)(=O)C(F)(F)F)ccc2c1)c1cccs1. The van der Waals surface area contributed by atoms with Gasteiger partial charge in [-0.3, -0.25) is 4.79 Å². The van der Waals surface area contributed by atoms with Crippen molar-refractivity contribution in [3.8, 4) is 5.75 Å². The van der Waals surface area contributed by atoms with Gasteiger partial charge in [-0.25, -0.2) is 0 Å². The molecule has 0 aliphatic carbocycles. The molecule has 1 amide bonds. The molecule has 1 aromatic heterocycles. The van der Waals surface area contributed by atoms with Crippen molar-refractivity contribution >= 4 is 43.8 Å². The molecule has 0 fully saturated rings. The van der Waals surface area contributed by atoms with E-state index in [1.807, 2.05) is 0 Å². The van der Waals surface area contributed by atoms with Crippen molar-refractivity contribution in [3.05, 3.63) is 58.8 Å². The van der Waals surface area contributed by atoms with E-state index < -0.39 is 21.4 Å². The minimum absolute atomic E-state index is 0.282. The fraction of sp³-hybridized carbons (Fsp3) is 0.0625. The molecule has 0 aliphatic rings. The Hall–Kier alpha value is -2.59. The molecule has 0 aliphatic heterocycles. The molecule has 0 unspecified atom stereocenters. The molecular formula is C16H10F3NO4S2. The van der Waals surface area contributed by atoms with Gasteiger partial charge in [0.15, 0.2) is 0 Å². The van der Waals surface area contributed by atoms with E-state index in [0.29, 0.717) is 21.3 Å². The third-order valence-corrected chi connectivity index (χ3v) is 5.15. The van der Waals surface area contributed by atoms with Crippen LogP contribution >= 0.6 is 11.3 Å². The zero-order valence-corrected chi connectivity index (χ0v) is 14.4. The van der Waals surface area contributed by atoms with Gasteiger partial charge >= 0.3 is 15.6 Å². The van der Waals surface area contributed by atoms with Crippen LogP contribution in [0.2, 0.25) is 0 Å². The van der Waals surface area contributed by atoms with E-state index in [4.69, 9.17) is 0 Å². The van der Waals surface area contributed by atoms with Crippen LogP contribution in [0.1, 0.15) is 9.67 Å². The number of alkyl halides is 3. The molecule has 1 heterocycles. The van der Waals surface area contributed by atoms with Gasteiger partial charge < -0.3 is 9.50 Å². The van der Waals surface area contributed by atoms with Crippen LogP contribution in [0.3, 0.4) is 0 Å². The maximum Gasteiger partial charge on any atom is 0.534 e. The van der Waals surface area contributed by atoms with Gasteiger partial charge in [0.25, 0.3) is 5.91 Å². The molecule has 3 rings (SSSR count). The van der Waals surface area contributed by atoms with Crippen molar-refractivity contribution < 1.29 is 30.6 Å². The second kappa shape index (κ2) is 6.61. The molecule has 10 heteroatoms. The van der Waals surface area contributed by atoms with Gasteiger partial charge in [-0.05, 0) is 46.5 Å². The first kappa shape index (κ1) is 18.2. The van der Waals surface area contributed by atoms with Gasteiger partial charge in [-0.1, -0.05) is 18.2 Å². The van der Waals surface area contributed by atoms with Gasteiger partial charge in [-0.2, -0.15) is 21.6 Å². The summed E-state index contributed by atoms with van der Waals surface area (Å²) in [5.74, 6) is -0.735. The van der Waals surface area contributed by atoms with Crippen LogP contribution in [0.25, 0.3) is 10.8 Å². The number of nitrogens with one attached hydrogen (secondary N) is 1. The summed E-state index contributed by atoms with van der Waals surface area (Å²) in [6, 6.07) is 11.8. The molecule has 3 aromatic rings. The van der Waals surface area contributed by atoms with Crippen molar-refractivity contribution in [3.63, 3.8) is 0 Å². The van der Waals surface area contributed by atoms with Crippen molar-refractivity contribution in [1.29, 1.82) is 0 Å². The average Bonchev–Trinajstić information content (AvgIpc) is 3.08. The van der Waals surface area contributed by atoms with Crippen LogP contribution in [0.4, 0.5) is 18.9 Å². The smallest absolute Gasteiger partial charge is 0.376 e. The third kappa shape index (κ3) is 3.81. The van der Waals surface area contributed by atoms with Crippen molar-refractivity contribution in [2.75, 3.05) is 5.32 Å². The maximum atomic E-state index is 12.4. The molecule has 2 aromatic carbocycles. The van der Waals surface area contributed by atoms with E-state index in [9.17, 15) is 26.4 Å². The molecule has 1 N–H and O–H groups in total. The zero-order chi connectivity index (χ0) is 18.9. The highest BCUT2D eigenvalue weighted by molar-refractivity contribution is 7.88. The van der Waals surface area contributed by atoms with Crippen molar-refractivity contribution in [2.24, 2.45) is 0 Å². The predicted octanol–water partition coefficient (Wildman–Crippen LogP) is 4.38. The summed E-state index contributed by atoms with van der Waals surface area (Å²) in [6.45, 7) is 0. The van der Waals surface area contributed by atoms with E-state index in [2.05, 4.69) is 9.50 Å². The second-order valence-corrected chi connectivity index (χ2v) is 7.62. The highest BCUT2D eigenvalue weighted by Gasteiger charge is 2.48. The fourth-order valence-corrected chi connectivity index (χ4v) is 3.20. The van der Waals surface area contributed by atoms with Crippen LogP contribution in [-0.2, 0) is 10.1 Å². The van der Waals surface area contributed by atoms with Crippen LogP contribution in [0.15, 0.2) is 53.9 Å². The number of fused-ring (bicyclic) bond motifs is 1. The van der Waals surface area contributed by atoms with Gasteiger partial charge in [0.05, 0.1) is 4.88 Å². The Balaban J connectivity index is 1.83. The molecule has 0 radical (unpaired) electrons. The van der Waals surface area contributed by atoms with Crippen LogP contribution in [-0.4, -0.2) is 19.8 Å². The Morgan fingerprint density at radius 2 is 1.73 bits per heavy atom. The second-order valence-electron chi connectivity index (χ2n) is 5.14. The minimum atomic E-state index is -5.72. The van der Waals surface area contributed by atoms with Gasteiger partial charge in [0.2, 0.25) is 0 Å². The van der Waals surface area contributed by atoms with Crippen LogP contribution in [0.5, 0.6) is 5.75 Å². The summed E-state index contributed by atoms with van der Waals surface area (Å²) < 4.78 is 63.3. The number of halogens is 3. The molecule has 0 saturated carbocycles. The Bertz CT molecular complexity index is 1060. The lowest BCUT2D eigenvalue weighted by atomic mass is 10.1. The number of carbonyl (C=O) groups excluding carboxylic acids is 1. The van der Waals surface area contributed by atoms with Crippen LogP contribution in [0, 0.1) is 0 Å². The van der Waals surface area contributed by atoms with Crippen molar-refractivity contribution in [1.82, 2.24) is 0 Å². The number of carbonyl (C=O) groups is 1. The Labute approximate surface area is 150 Å². The maximum absolute atomic E-state index is 12.4. The summed E-state index contributed by atoms with van der Waals surface area (Å²) in [6.07, 6.45) is 0. The minimum Gasteiger partial charge on any atom is -0.376 e. The van der Waals surface area contributed by atoms with Crippen LogP contribution < -0.4 is 9.50 Å². The molecule has 0 saturated heterocycles. The first-order chi connectivity index (χ1) is 12.2. The predicted molar refractivity (Wildman–Crippen MR) is 91.8 cm³/mol. The number of hydrogen-bond donors (Lipinski definition) is 1. The fourth-order valence-electron chi connectivity index (χ4n) is 2.13. The quantitative estimate of drug-likeness (QED) is 0.520. The number of rotatable bonds is 4. The van der Waals surface area contributed by atoms with E-state index in [1.165, 1.54) is 29.5 Å². The zero-order valence-electron chi connectivity index (χ0n) is 12.8. The summed E-state index contributed by atoms with van der Waals surface area (Å²) in [5.41, 5.74) is -5.01. The normalized spacial score (nSPS) is 12.1. The molecular weight excluding hydrogens is 391 g/mol. The first-order valence-electron chi connectivity index (χ1n) is 7.05. The highest BCUT2D eigenvalue weighted by Crippen LogP contribution is 2.29. The standard InChI is InChI=1S/C16H10F3NO4S2/c17-16(18,19)26(22,23)24-13-6-4-10-8-12(5-3-11(10)9-13)20-15(21)14-2-1-7-25-14/h1-9H,(H,20,21). The van der Waals surface area contributed by atoms with E-state index in [1.54, 1.807) is 29.6 Å². The van der Waals surface area contributed by atoms with Gasteiger partial charge in [0.1, 0.15) is 5.75 Å². The number of anilines is 1. The number of thiophene rings is 1. The van der Waals surface area contributed by atoms with E-state index in [-0.39, 0.29) is 5.91 Å². The molecule has 136 valence electrons. The summed E-state index contributed by atoms with van der Waals surface area (Å²) in [4.78, 5) is 12.6. The van der Waals surface area contributed by atoms with E-state index in [0.717, 1.165) is 6.07 Å². The number of hydrogen-bond acceptors (Lipinski definition) is 5. The number of amides is 1. The molecule has 26 heavy (non-hydrogen) atoms. The lowest BCUT2D eigenvalue weighted by Crippen LogP contribution is -2.28. The van der Waals surface area contributed by atoms with E-state index >= 15 is 0 Å². The topological polar surface area (TPSA) is 72.5 Å². The largest absolute Gasteiger partial charge is 0.534 e. The molecule has 0 spiro atoms. The van der Waals surface area contributed by atoms with Gasteiger partial charge in [-0.15, -0.1) is 11.3 Å². The molecule has 0 atom stereocenters. The Morgan fingerprint density at radius 3 is 2.38 bits per heavy atom. The van der Waals surface area contributed by atoms with Gasteiger partial charge in [0, 0.05) is 5.69 Å². The molecule has 5 nitrogen and oxygen atoms in total. The monoisotopic (exact) mass is 401 g/mol. The Kier molecular flexibility index (Phi) is 4.63.